The summed E-state index contributed by atoms with van der Waals surface area (Å²) < 4.78 is 5.80. The molecular formula is C13H16O2. The van der Waals surface area contributed by atoms with Gasteiger partial charge in [-0.1, -0.05) is 30.3 Å². The molecule has 2 rings (SSSR count). The van der Waals surface area contributed by atoms with Gasteiger partial charge in [-0.2, -0.15) is 0 Å². The molecule has 1 aromatic rings. The Morgan fingerprint density at radius 1 is 1.33 bits per heavy atom. The van der Waals surface area contributed by atoms with Gasteiger partial charge < -0.3 is 4.74 Å². The van der Waals surface area contributed by atoms with E-state index in [1.807, 2.05) is 25.1 Å². The second-order valence-electron chi connectivity index (χ2n) is 4.19. The summed E-state index contributed by atoms with van der Waals surface area (Å²) in [5.74, 6) is 0.302. The summed E-state index contributed by atoms with van der Waals surface area (Å²) in [4.78, 5) is 11.4. The third-order valence-electron chi connectivity index (χ3n) is 3.11. The molecule has 0 aromatic heterocycles. The lowest BCUT2D eigenvalue weighted by Gasteiger charge is -2.10. The molecule has 0 amide bonds. The van der Waals surface area contributed by atoms with Crippen molar-refractivity contribution in [2.24, 2.45) is 5.92 Å². The number of benzene rings is 1. The van der Waals surface area contributed by atoms with Crippen LogP contribution in [0, 0.1) is 5.92 Å². The van der Waals surface area contributed by atoms with Crippen LogP contribution in [0.25, 0.3) is 0 Å². The predicted molar refractivity (Wildman–Crippen MR) is 58.5 cm³/mol. The van der Waals surface area contributed by atoms with Gasteiger partial charge in [0, 0.05) is 5.92 Å². The average Bonchev–Trinajstić information content (AvgIpc) is 2.62. The number of hydrogen-bond donors (Lipinski definition) is 0. The van der Waals surface area contributed by atoms with Crippen molar-refractivity contribution in [2.75, 3.05) is 0 Å². The van der Waals surface area contributed by atoms with E-state index in [-0.39, 0.29) is 23.9 Å². The molecule has 0 aliphatic carbocycles. The maximum Gasteiger partial charge on any atom is 0.135 e. The Morgan fingerprint density at radius 3 is 2.53 bits per heavy atom. The molecule has 3 atom stereocenters. The topological polar surface area (TPSA) is 26.3 Å². The van der Waals surface area contributed by atoms with Crippen molar-refractivity contribution >= 4 is 5.78 Å². The molecule has 1 saturated heterocycles. The van der Waals surface area contributed by atoms with E-state index < -0.39 is 0 Å². The Kier molecular flexibility index (Phi) is 2.87. The third kappa shape index (κ3) is 2.10. The number of Topliss-reactive ketones (excluding diaryl/α,β-unsaturated/α-hetero) is 1. The lowest BCUT2D eigenvalue weighted by Crippen LogP contribution is -2.18. The molecule has 1 unspecified atom stereocenters. The second kappa shape index (κ2) is 4.15. The first-order valence-electron chi connectivity index (χ1n) is 5.39. The molecule has 1 aromatic carbocycles. The van der Waals surface area contributed by atoms with Crippen molar-refractivity contribution in [3.63, 3.8) is 0 Å². The zero-order valence-corrected chi connectivity index (χ0v) is 9.14. The van der Waals surface area contributed by atoms with Crippen LogP contribution in [0.3, 0.4) is 0 Å². The highest BCUT2D eigenvalue weighted by Crippen LogP contribution is 2.36. The van der Waals surface area contributed by atoms with Crippen molar-refractivity contribution in [1.29, 1.82) is 0 Å². The van der Waals surface area contributed by atoms with E-state index in [0.717, 1.165) is 6.42 Å². The summed E-state index contributed by atoms with van der Waals surface area (Å²) in [6, 6.07) is 10.1. The number of carbonyl (C=O) groups is 1. The summed E-state index contributed by atoms with van der Waals surface area (Å²) in [7, 11) is 0. The van der Waals surface area contributed by atoms with Gasteiger partial charge in [0.2, 0.25) is 0 Å². The van der Waals surface area contributed by atoms with Crippen LogP contribution in [-0.2, 0) is 9.53 Å². The monoisotopic (exact) mass is 204 g/mol. The predicted octanol–water partition coefficient (Wildman–Crippen LogP) is 2.74. The average molecular weight is 204 g/mol. The van der Waals surface area contributed by atoms with Crippen LogP contribution in [-0.4, -0.2) is 11.9 Å². The first-order valence-corrected chi connectivity index (χ1v) is 5.39. The summed E-state index contributed by atoms with van der Waals surface area (Å²) in [5.41, 5.74) is 1.17. The molecule has 0 spiro atoms. The first kappa shape index (κ1) is 10.4. The minimum atomic E-state index is 0.0488. The molecule has 1 heterocycles. The van der Waals surface area contributed by atoms with E-state index in [1.54, 1.807) is 6.92 Å². The zero-order valence-electron chi connectivity index (χ0n) is 9.14. The van der Waals surface area contributed by atoms with Gasteiger partial charge in [-0.25, -0.2) is 0 Å². The standard InChI is InChI=1S/C13H16O2/c1-9(14)12-8-13(15-10(12)2)11-6-4-3-5-7-11/h3-7,10,12-13H,8H2,1-2H3/t10-,12?,13-/m1/s1. The van der Waals surface area contributed by atoms with Crippen LogP contribution >= 0.6 is 0 Å². The first-order chi connectivity index (χ1) is 7.18. The van der Waals surface area contributed by atoms with Gasteiger partial charge in [-0.3, -0.25) is 4.79 Å². The van der Waals surface area contributed by atoms with E-state index in [0.29, 0.717) is 0 Å². The quantitative estimate of drug-likeness (QED) is 0.740. The van der Waals surface area contributed by atoms with E-state index in [4.69, 9.17) is 4.74 Å². The summed E-state index contributed by atoms with van der Waals surface area (Å²) in [6.45, 7) is 3.63. The number of ether oxygens (including phenoxy) is 1. The molecule has 0 bridgehead atoms. The van der Waals surface area contributed by atoms with Gasteiger partial charge in [-0.05, 0) is 25.8 Å². The summed E-state index contributed by atoms with van der Waals surface area (Å²) >= 11 is 0. The number of hydrogen-bond acceptors (Lipinski definition) is 2. The van der Waals surface area contributed by atoms with Crippen LogP contribution in [0.1, 0.15) is 31.9 Å². The maximum atomic E-state index is 11.4. The van der Waals surface area contributed by atoms with Crippen LogP contribution in [0.15, 0.2) is 30.3 Å². The molecular weight excluding hydrogens is 188 g/mol. The van der Waals surface area contributed by atoms with Gasteiger partial charge in [0.25, 0.3) is 0 Å². The lowest BCUT2D eigenvalue weighted by atomic mass is 9.94. The van der Waals surface area contributed by atoms with Crippen LogP contribution < -0.4 is 0 Å². The van der Waals surface area contributed by atoms with E-state index >= 15 is 0 Å². The van der Waals surface area contributed by atoms with Crippen LogP contribution in [0.2, 0.25) is 0 Å². The second-order valence-corrected chi connectivity index (χ2v) is 4.19. The van der Waals surface area contributed by atoms with Gasteiger partial charge in [0.15, 0.2) is 0 Å². The highest BCUT2D eigenvalue weighted by atomic mass is 16.5. The highest BCUT2D eigenvalue weighted by molar-refractivity contribution is 5.79. The fraction of sp³-hybridized carbons (Fsp3) is 0.462. The Hall–Kier alpha value is -1.15. The fourth-order valence-electron chi connectivity index (χ4n) is 2.21. The van der Waals surface area contributed by atoms with E-state index in [2.05, 4.69) is 12.1 Å². The van der Waals surface area contributed by atoms with Crippen molar-refractivity contribution < 1.29 is 9.53 Å². The molecule has 80 valence electrons. The van der Waals surface area contributed by atoms with Crippen LogP contribution in [0.5, 0.6) is 0 Å². The Morgan fingerprint density at radius 2 is 2.00 bits per heavy atom. The Labute approximate surface area is 90.3 Å². The number of rotatable bonds is 2. The fourth-order valence-corrected chi connectivity index (χ4v) is 2.21. The Bertz CT molecular complexity index is 345. The number of carbonyl (C=O) groups excluding carboxylic acids is 1. The van der Waals surface area contributed by atoms with Gasteiger partial charge >= 0.3 is 0 Å². The van der Waals surface area contributed by atoms with Gasteiger partial charge in [0.1, 0.15) is 5.78 Å². The largest absolute Gasteiger partial charge is 0.370 e. The molecule has 0 saturated carbocycles. The highest BCUT2D eigenvalue weighted by Gasteiger charge is 2.35. The smallest absolute Gasteiger partial charge is 0.135 e. The molecule has 1 aliphatic heterocycles. The van der Waals surface area contributed by atoms with Crippen LogP contribution in [0.4, 0.5) is 0 Å². The van der Waals surface area contributed by atoms with Gasteiger partial charge in [0.05, 0.1) is 12.2 Å². The molecule has 2 nitrogen and oxygen atoms in total. The van der Waals surface area contributed by atoms with Crippen molar-refractivity contribution in [3.8, 4) is 0 Å². The third-order valence-corrected chi connectivity index (χ3v) is 3.11. The summed E-state index contributed by atoms with van der Waals surface area (Å²) in [6.07, 6.45) is 0.961. The minimum Gasteiger partial charge on any atom is -0.370 e. The molecule has 1 fully saturated rings. The summed E-state index contributed by atoms with van der Waals surface area (Å²) in [5, 5.41) is 0. The number of ketones is 1. The zero-order chi connectivity index (χ0) is 10.8. The Balaban J connectivity index is 2.13. The van der Waals surface area contributed by atoms with Crippen molar-refractivity contribution in [2.45, 2.75) is 32.5 Å². The maximum absolute atomic E-state index is 11.4. The minimum absolute atomic E-state index is 0.0488. The van der Waals surface area contributed by atoms with E-state index in [9.17, 15) is 4.79 Å². The molecule has 0 radical (unpaired) electrons. The lowest BCUT2D eigenvalue weighted by molar-refractivity contribution is -0.122. The normalized spacial score (nSPS) is 30.4. The SMILES string of the molecule is CC(=O)C1C[C@H](c2ccccc2)O[C@@H]1C. The molecule has 15 heavy (non-hydrogen) atoms. The molecule has 1 aliphatic rings. The van der Waals surface area contributed by atoms with Crippen molar-refractivity contribution in [3.05, 3.63) is 35.9 Å². The molecule has 0 N–H and O–H groups in total. The molecule has 2 heteroatoms. The van der Waals surface area contributed by atoms with E-state index in [1.165, 1.54) is 5.56 Å². The van der Waals surface area contributed by atoms with Crippen molar-refractivity contribution in [1.82, 2.24) is 0 Å². The van der Waals surface area contributed by atoms with Gasteiger partial charge in [-0.15, -0.1) is 0 Å².